The molecule has 0 unspecified atom stereocenters. The van der Waals surface area contributed by atoms with E-state index in [-0.39, 0.29) is 18.4 Å². The molecule has 0 atom stereocenters. The number of aryl methyl sites for hydroxylation is 1. The van der Waals surface area contributed by atoms with Crippen molar-refractivity contribution in [3.8, 4) is 22.6 Å². The van der Waals surface area contributed by atoms with Crippen molar-refractivity contribution in [3.05, 3.63) is 59.5 Å². The minimum absolute atomic E-state index is 0.0121. The fourth-order valence-corrected chi connectivity index (χ4v) is 3.50. The molecule has 7 nitrogen and oxygen atoms in total. The van der Waals surface area contributed by atoms with E-state index in [1.807, 2.05) is 36.4 Å². The summed E-state index contributed by atoms with van der Waals surface area (Å²) in [6.45, 7) is 4.15. The molecule has 0 bridgehead atoms. The lowest BCUT2D eigenvalue weighted by Gasteiger charge is -2.12. The second-order valence-corrected chi connectivity index (χ2v) is 8.08. The van der Waals surface area contributed by atoms with Crippen LogP contribution in [0.3, 0.4) is 0 Å². The Balaban J connectivity index is 1.54. The first-order valence-corrected chi connectivity index (χ1v) is 11.2. The normalized spacial score (nSPS) is 13.1. The summed E-state index contributed by atoms with van der Waals surface area (Å²) < 4.78 is 5.68. The Morgan fingerprint density at radius 1 is 1.03 bits per heavy atom. The molecule has 3 aromatic rings. The average Bonchev–Trinajstić information content (AvgIpc) is 3.51. The maximum absolute atomic E-state index is 12.5. The van der Waals surface area contributed by atoms with Crippen LogP contribution < -0.4 is 10.6 Å². The highest BCUT2D eigenvalue weighted by Gasteiger charge is 2.24. The summed E-state index contributed by atoms with van der Waals surface area (Å²) in [7, 11) is 0. The number of benzene rings is 2. The van der Waals surface area contributed by atoms with E-state index in [0.717, 1.165) is 42.4 Å². The minimum atomic E-state index is -0.0648. The van der Waals surface area contributed by atoms with E-state index in [4.69, 9.17) is 4.42 Å². The van der Waals surface area contributed by atoms with Gasteiger partial charge in [0, 0.05) is 23.6 Å². The summed E-state index contributed by atoms with van der Waals surface area (Å²) >= 11 is 0. The van der Waals surface area contributed by atoms with Gasteiger partial charge in [0.15, 0.2) is 0 Å². The quantitative estimate of drug-likeness (QED) is 0.526. The number of rotatable bonds is 9. The van der Waals surface area contributed by atoms with Crippen LogP contribution in [0, 0.1) is 0 Å². The summed E-state index contributed by atoms with van der Waals surface area (Å²) in [4.78, 5) is 23.9. The summed E-state index contributed by atoms with van der Waals surface area (Å²) in [6, 6.07) is 14.2. The molecule has 1 aliphatic rings. The van der Waals surface area contributed by atoms with Crippen molar-refractivity contribution < 1.29 is 14.0 Å². The van der Waals surface area contributed by atoms with Crippen molar-refractivity contribution in [1.29, 1.82) is 0 Å². The molecule has 0 saturated heterocycles. The highest BCUT2D eigenvalue weighted by Crippen LogP contribution is 2.29. The van der Waals surface area contributed by atoms with E-state index in [0.29, 0.717) is 29.8 Å². The number of amides is 2. The number of hydrogen-bond donors (Lipinski definition) is 2. The van der Waals surface area contributed by atoms with E-state index in [1.165, 1.54) is 5.56 Å². The lowest BCUT2D eigenvalue weighted by Crippen LogP contribution is -2.25. The molecule has 0 aliphatic heterocycles. The van der Waals surface area contributed by atoms with Crippen molar-refractivity contribution in [2.45, 2.75) is 58.5 Å². The number of carbonyl (C=O) groups excluding carboxylic acids is 2. The van der Waals surface area contributed by atoms with Crippen molar-refractivity contribution in [3.63, 3.8) is 0 Å². The Bertz CT molecular complexity index is 1100. The summed E-state index contributed by atoms with van der Waals surface area (Å²) in [6.07, 6.45) is 4.51. The van der Waals surface area contributed by atoms with E-state index in [9.17, 15) is 9.59 Å². The van der Waals surface area contributed by atoms with Gasteiger partial charge in [-0.05, 0) is 60.2 Å². The maximum atomic E-state index is 12.5. The van der Waals surface area contributed by atoms with Gasteiger partial charge in [0.1, 0.15) is 0 Å². The van der Waals surface area contributed by atoms with E-state index < -0.39 is 0 Å². The van der Waals surface area contributed by atoms with Crippen molar-refractivity contribution in [2.24, 2.45) is 0 Å². The van der Waals surface area contributed by atoms with Gasteiger partial charge in [-0.25, -0.2) is 0 Å². The minimum Gasteiger partial charge on any atom is -0.419 e. The number of nitrogens with one attached hydrogen (secondary N) is 2. The largest absolute Gasteiger partial charge is 0.419 e. The standard InChI is InChI=1S/C25H28N4O3/c1-3-5-16-8-11-19(24(31)27-20-12-13-20)14-21(16)17-6-9-18(10-7-17)25-29-28-23(32-25)15-26-22(30)4-2/h6-11,14,20H,3-5,12-13,15H2,1-2H3,(H,26,30)(H,27,31). The fourth-order valence-electron chi connectivity index (χ4n) is 3.50. The molecule has 2 amide bonds. The monoisotopic (exact) mass is 432 g/mol. The van der Waals surface area contributed by atoms with Gasteiger partial charge in [-0.2, -0.15) is 0 Å². The summed E-state index contributed by atoms with van der Waals surface area (Å²) in [5.41, 5.74) is 4.80. The highest BCUT2D eigenvalue weighted by molar-refractivity contribution is 5.96. The number of carbonyl (C=O) groups is 2. The zero-order valence-corrected chi connectivity index (χ0v) is 18.5. The number of aromatic nitrogens is 2. The van der Waals surface area contributed by atoms with Crippen LogP contribution in [0.4, 0.5) is 0 Å². The molecule has 7 heteroatoms. The molecule has 4 rings (SSSR count). The van der Waals surface area contributed by atoms with Crippen LogP contribution >= 0.6 is 0 Å². The first kappa shape index (κ1) is 21.7. The van der Waals surface area contributed by atoms with Crippen molar-refractivity contribution in [2.75, 3.05) is 0 Å². The van der Waals surface area contributed by atoms with E-state index in [1.54, 1.807) is 6.92 Å². The second-order valence-electron chi connectivity index (χ2n) is 8.08. The third kappa shape index (κ3) is 5.22. The molecule has 0 radical (unpaired) electrons. The topological polar surface area (TPSA) is 97.1 Å². The van der Waals surface area contributed by atoms with Gasteiger partial charge in [0.2, 0.25) is 17.7 Å². The predicted molar refractivity (Wildman–Crippen MR) is 122 cm³/mol. The molecular formula is C25H28N4O3. The Hall–Kier alpha value is -3.48. The molecular weight excluding hydrogens is 404 g/mol. The maximum Gasteiger partial charge on any atom is 0.251 e. The third-order valence-electron chi connectivity index (χ3n) is 5.47. The molecule has 2 N–H and O–H groups in total. The Labute approximate surface area is 187 Å². The molecule has 1 aliphatic carbocycles. The molecule has 166 valence electrons. The Kier molecular flexibility index (Phi) is 6.63. The van der Waals surface area contributed by atoms with E-state index in [2.05, 4.69) is 33.8 Å². The predicted octanol–water partition coefficient (Wildman–Crippen LogP) is 4.27. The van der Waals surface area contributed by atoms with Crippen LogP contribution in [0.5, 0.6) is 0 Å². The average molecular weight is 433 g/mol. The second kappa shape index (κ2) is 9.77. The van der Waals surface area contributed by atoms with Gasteiger partial charge in [-0.1, -0.05) is 38.5 Å². The van der Waals surface area contributed by atoms with Crippen LogP contribution in [0.15, 0.2) is 46.9 Å². The molecule has 1 saturated carbocycles. The fraction of sp³-hybridized carbons (Fsp3) is 0.360. The zero-order chi connectivity index (χ0) is 22.5. The lowest BCUT2D eigenvalue weighted by molar-refractivity contribution is -0.121. The van der Waals surface area contributed by atoms with Gasteiger partial charge >= 0.3 is 0 Å². The van der Waals surface area contributed by atoms with Crippen LogP contribution in [0.25, 0.3) is 22.6 Å². The Morgan fingerprint density at radius 2 is 1.78 bits per heavy atom. The van der Waals surface area contributed by atoms with Gasteiger partial charge < -0.3 is 15.1 Å². The highest BCUT2D eigenvalue weighted by atomic mass is 16.4. The molecule has 1 fully saturated rings. The SMILES string of the molecule is CCCc1ccc(C(=O)NC2CC2)cc1-c1ccc(-c2nnc(CNC(=O)CC)o2)cc1. The number of hydrogen-bond acceptors (Lipinski definition) is 5. The van der Waals surface area contributed by atoms with Crippen LogP contribution in [0.2, 0.25) is 0 Å². The number of nitrogens with zero attached hydrogens (tertiary/aromatic N) is 2. The van der Waals surface area contributed by atoms with Crippen molar-refractivity contribution in [1.82, 2.24) is 20.8 Å². The van der Waals surface area contributed by atoms with Gasteiger partial charge in [-0.3, -0.25) is 9.59 Å². The smallest absolute Gasteiger partial charge is 0.251 e. The van der Waals surface area contributed by atoms with Gasteiger partial charge in [-0.15, -0.1) is 10.2 Å². The summed E-state index contributed by atoms with van der Waals surface area (Å²) in [5, 5.41) is 13.9. The first-order chi connectivity index (χ1) is 15.6. The Morgan fingerprint density at radius 3 is 2.47 bits per heavy atom. The molecule has 32 heavy (non-hydrogen) atoms. The molecule has 0 spiro atoms. The molecule has 1 aromatic heterocycles. The lowest BCUT2D eigenvalue weighted by atomic mass is 9.94. The van der Waals surface area contributed by atoms with Gasteiger partial charge in [0.05, 0.1) is 6.54 Å². The third-order valence-corrected chi connectivity index (χ3v) is 5.47. The molecule has 2 aromatic carbocycles. The van der Waals surface area contributed by atoms with Gasteiger partial charge in [0.25, 0.3) is 5.91 Å². The van der Waals surface area contributed by atoms with E-state index >= 15 is 0 Å². The van der Waals surface area contributed by atoms with Crippen LogP contribution in [-0.2, 0) is 17.8 Å². The van der Waals surface area contributed by atoms with Crippen molar-refractivity contribution >= 4 is 11.8 Å². The van der Waals surface area contributed by atoms with Crippen LogP contribution in [-0.4, -0.2) is 28.1 Å². The van der Waals surface area contributed by atoms with Crippen LogP contribution in [0.1, 0.15) is 61.3 Å². The molecule has 1 heterocycles. The first-order valence-electron chi connectivity index (χ1n) is 11.2. The summed E-state index contributed by atoms with van der Waals surface area (Å²) in [5.74, 6) is 0.695. The zero-order valence-electron chi connectivity index (χ0n) is 18.5.